The van der Waals surface area contributed by atoms with Gasteiger partial charge in [-0.15, -0.1) is 0 Å². The minimum Gasteiger partial charge on any atom is -0.452 e. The summed E-state index contributed by atoms with van der Waals surface area (Å²) in [6, 6.07) is 15.4. The van der Waals surface area contributed by atoms with E-state index in [4.69, 9.17) is 4.42 Å². The van der Waals surface area contributed by atoms with Gasteiger partial charge in [-0.05, 0) is 19.1 Å². The first-order valence-corrected chi connectivity index (χ1v) is 6.29. The van der Waals surface area contributed by atoms with Crippen LogP contribution in [0.2, 0.25) is 0 Å². The molecule has 98 valence electrons. The number of fused-ring (bicyclic) bond motifs is 1. The molecule has 0 N–H and O–H groups in total. The predicted molar refractivity (Wildman–Crippen MR) is 77.1 cm³/mol. The van der Waals surface area contributed by atoms with E-state index in [1.165, 1.54) is 6.07 Å². The van der Waals surface area contributed by atoms with E-state index in [2.05, 4.69) is 0 Å². The highest BCUT2D eigenvalue weighted by Crippen LogP contribution is 2.16. The lowest BCUT2D eigenvalue weighted by molar-refractivity contribution is 0.101. The maximum Gasteiger partial charge on any atom is 0.228 e. The molecular weight excluding hydrogens is 252 g/mol. The molecule has 3 nitrogen and oxygen atoms in total. The van der Waals surface area contributed by atoms with Crippen LogP contribution >= 0.6 is 0 Å². The molecule has 0 saturated heterocycles. The zero-order chi connectivity index (χ0) is 14.1. The summed E-state index contributed by atoms with van der Waals surface area (Å²) in [5.74, 6) is -0.220. The molecule has 3 aromatic rings. The van der Waals surface area contributed by atoms with Crippen molar-refractivity contribution in [2.24, 2.45) is 0 Å². The average molecular weight is 264 g/mol. The summed E-state index contributed by atoms with van der Waals surface area (Å²) in [6.07, 6.45) is 0. The standard InChI is InChI=1S/C17H12O3/c1-11-7-8-15-13(9-11)14(18)10-16(20-15)17(19)12-5-3-2-4-6-12/h2-10H,1H3. The lowest BCUT2D eigenvalue weighted by Crippen LogP contribution is -2.08. The Morgan fingerprint density at radius 1 is 1.00 bits per heavy atom. The van der Waals surface area contributed by atoms with Crippen LogP contribution in [0.4, 0.5) is 0 Å². The summed E-state index contributed by atoms with van der Waals surface area (Å²) in [7, 11) is 0. The van der Waals surface area contributed by atoms with Crippen molar-refractivity contribution in [3.8, 4) is 0 Å². The zero-order valence-corrected chi connectivity index (χ0v) is 10.9. The molecule has 0 unspecified atom stereocenters. The molecule has 0 fully saturated rings. The Labute approximate surface area is 115 Å². The van der Waals surface area contributed by atoms with Gasteiger partial charge in [-0.25, -0.2) is 0 Å². The Hall–Kier alpha value is -2.68. The van der Waals surface area contributed by atoms with Crippen molar-refractivity contribution in [3.05, 3.63) is 81.7 Å². The number of ketones is 1. The minimum atomic E-state index is -0.287. The number of aryl methyl sites for hydroxylation is 1. The lowest BCUT2D eigenvalue weighted by Gasteiger charge is -2.03. The van der Waals surface area contributed by atoms with Crippen LogP contribution < -0.4 is 5.43 Å². The van der Waals surface area contributed by atoms with Crippen LogP contribution in [0.25, 0.3) is 11.0 Å². The normalized spacial score (nSPS) is 10.7. The average Bonchev–Trinajstić information content (AvgIpc) is 2.48. The van der Waals surface area contributed by atoms with Crippen molar-refractivity contribution < 1.29 is 9.21 Å². The van der Waals surface area contributed by atoms with Gasteiger partial charge in [0.05, 0.1) is 5.39 Å². The van der Waals surface area contributed by atoms with E-state index in [0.29, 0.717) is 16.5 Å². The van der Waals surface area contributed by atoms with Gasteiger partial charge in [0.25, 0.3) is 0 Å². The highest BCUT2D eigenvalue weighted by molar-refractivity contribution is 6.07. The summed E-state index contributed by atoms with van der Waals surface area (Å²) in [5.41, 5.74) is 1.71. The van der Waals surface area contributed by atoms with Crippen LogP contribution in [0.15, 0.2) is 63.8 Å². The number of carbonyl (C=O) groups excluding carboxylic acids is 1. The van der Waals surface area contributed by atoms with E-state index in [0.717, 1.165) is 5.56 Å². The number of hydrogen-bond acceptors (Lipinski definition) is 3. The third-order valence-electron chi connectivity index (χ3n) is 3.14. The Morgan fingerprint density at radius 2 is 1.75 bits per heavy atom. The molecule has 1 aromatic heterocycles. The number of carbonyl (C=O) groups is 1. The van der Waals surface area contributed by atoms with Crippen molar-refractivity contribution in [3.63, 3.8) is 0 Å². The smallest absolute Gasteiger partial charge is 0.228 e. The molecule has 0 atom stereocenters. The first-order chi connectivity index (χ1) is 9.65. The van der Waals surface area contributed by atoms with Crippen LogP contribution in [0.1, 0.15) is 21.7 Å². The second kappa shape index (κ2) is 4.78. The summed E-state index contributed by atoms with van der Waals surface area (Å²) in [6.45, 7) is 1.90. The number of rotatable bonds is 2. The molecule has 3 rings (SSSR count). The van der Waals surface area contributed by atoms with Gasteiger partial charge in [-0.3, -0.25) is 9.59 Å². The van der Waals surface area contributed by atoms with Gasteiger partial charge in [0.1, 0.15) is 5.58 Å². The number of benzene rings is 2. The molecular formula is C17H12O3. The van der Waals surface area contributed by atoms with Crippen LogP contribution in [-0.2, 0) is 0 Å². The second-order valence-corrected chi connectivity index (χ2v) is 4.67. The van der Waals surface area contributed by atoms with Gasteiger partial charge in [-0.1, -0.05) is 42.0 Å². The molecule has 0 saturated carbocycles. The third kappa shape index (κ3) is 2.14. The molecule has 0 aliphatic rings. The second-order valence-electron chi connectivity index (χ2n) is 4.67. The van der Waals surface area contributed by atoms with E-state index in [-0.39, 0.29) is 17.0 Å². The van der Waals surface area contributed by atoms with E-state index in [9.17, 15) is 9.59 Å². The first kappa shape index (κ1) is 12.4. The van der Waals surface area contributed by atoms with Crippen molar-refractivity contribution >= 4 is 16.8 Å². The van der Waals surface area contributed by atoms with E-state index in [1.807, 2.05) is 19.1 Å². The monoisotopic (exact) mass is 264 g/mol. The predicted octanol–water partition coefficient (Wildman–Crippen LogP) is 3.33. The molecule has 20 heavy (non-hydrogen) atoms. The largest absolute Gasteiger partial charge is 0.452 e. The van der Waals surface area contributed by atoms with Gasteiger partial charge >= 0.3 is 0 Å². The molecule has 0 amide bonds. The Morgan fingerprint density at radius 3 is 2.50 bits per heavy atom. The fraction of sp³-hybridized carbons (Fsp3) is 0.0588. The summed E-state index contributed by atoms with van der Waals surface area (Å²) in [5, 5.41) is 0.495. The topological polar surface area (TPSA) is 47.3 Å². The van der Waals surface area contributed by atoms with Crippen LogP contribution in [0.3, 0.4) is 0 Å². The molecule has 3 heteroatoms. The highest BCUT2D eigenvalue weighted by atomic mass is 16.3. The molecule has 0 spiro atoms. The van der Waals surface area contributed by atoms with Gasteiger partial charge in [0.2, 0.25) is 5.78 Å². The molecule has 0 bridgehead atoms. The Kier molecular flexibility index (Phi) is 2.95. The molecule has 0 aliphatic carbocycles. The molecule has 2 aromatic carbocycles. The summed E-state index contributed by atoms with van der Waals surface area (Å²) >= 11 is 0. The Balaban J connectivity index is 2.16. The summed E-state index contributed by atoms with van der Waals surface area (Å²) < 4.78 is 5.56. The third-order valence-corrected chi connectivity index (χ3v) is 3.14. The zero-order valence-electron chi connectivity index (χ0n) is 10.9. The van der Waals surface area contributed by atoms with E-state index < -0.39 is 0 Å². The SMILES string of the molecule is Cc1ccc2oc(C(=O)c3ccccc3)cc(=O)c2c1. The Bertz CT molecular complexity index is 845. The maximum absolute atomic E-state index is 12.3. The van der Waals surface area contributed by atoms with E-state index in [1.54, 1.807) is 36.4 Å². The molecule has 0 aliphatic heterocycles. The van der Waals surface area contributed by atoms with Gasteiger partial charge < -0.3 is 4.42 Å². The van der Waals surface area contributed by atoms with Crippen LogP contribution in [0, 0.1) is 6.92 Å². The lowest BCUT2D eigenvalue weighted by atomic mass is 10.1. The quantitative estimate of drug-likeness (QED) is 0.667. The van der Waals surface area contributed by atoms with Crippen LogP contribution in [-0.4, -0.2) is 5.78 Å². The van der Waals surface area contributed by atoms with Crippen molar-refractivity contribution in [1.29, 1.82) is 0 Å². The van der Waals surface area contributed by atoms with Gasteiger partial charge in [0, 0.05) is 11.6 Å². The first-order valence-electron chi connectivity index (χ1n) is 6.29. The number of hydrogen-bond donors (Lipinski definition) is 0. The molecule has 0 radical (unpaired) electrons. The van der Waals surface area contributed by atoms with E-state index >= 15 is 0 Å². The van der Waals surface area contributed by atoms with Gasteiger partial charge in [0.15, 0.2) is 11.2 Å². The van der Waals surface area contributed by atoms with Crippen molar-refractivity contribution in [1.82, 2.24) is 0 Å². The molecule has 1 heterocycles. The highest BCUT2D eigenvalue weighted by Gasteiger charge is 2.14. The van der Waals surface area contributed by atoms with Crippen molar-refractivity contribution in [2.45, 2.75) is 6.92 Å². The maximum atomic E-state index is 12.3. The minimum absolute atomic E-state index is 0.0672. The van der Waals surface area contributed by atoms with Gasteiger partial charge in [-0.2, -0.15) is 0 Å². The fourth-order valence-corrected chi connectivity index (χ4v) is 2.11. The van der Waals surface area contributed by atoms with Crippen LogP contribution in [0.5, 0.6) is 0 Å². The van der Waals surface area contributed by atoms with Crippen molar-refractivity contribution in [2.75, 3.05) is 0 Å². The summed E-state index contributed by atoms with van der Waals surface area (Å²) in [4.78, 5) is 24.4. The fourth-order valence-electron chi connectivity index (χ4n) is 2.11.